The van der Waals surface area contributed by atoms with Gasteiger partial charge in [0.2, 0.25) is 5.95 Å². The first-order valence-electron chi connectivity index (χ1n) is 14.5. The predicted octanol–water partition coefficient (Wildman–Crippen LogP) is 5.70. The standard InChI is InChI=1S/C31H36ClN9/c1-38-13-15-40(16-14-38)23-8-10-24(11-9-23)41-18-25(28-29(33)34-19-35-30(28)41)20-3-6-22(7-4-20)36-31-37-26-17-21(32)5-12-27(26)39(31)2/h3-7,12,17-19,23-24H,8-11,13-16H2,1-2H3,(H,36,37)(H2,33,34,35). The zero-order chi connectivity index (χ0) is 28.1. The van der Waals surface area contributed by atoms with Gasteiger partial charge in [-0.05, 0) is 68.6 Å². The van der Waals surface area contributed by atoms with E-state index in [-0.39, 0.29) is 0 Å². The van der Waals surface area contributed by atoms with Crippen molar-refractivity contribution >= 4 is 51.1 Å². The normalized spacial score (nSPS) is 20.7. The number of nitrogens with two attached hydrogens (primary N) is 1. The van der Waals surface area contributed by atoms with Crippen LogP contribution in [0.2, 0.25) is 5.02 Å². The van der Waals surface area contributed by atoms with Crippen molar-refractivity contribution in [2.75, 3.05) is 44.3 Å². The molecule has 4 heterocycles. The van der Waals surface area contributed by atoms with Gasteiger partial charge in [0.25, 0.3) is 0 Å². The predicted molar refractivity (Wildman–Crippen MR) is 167 cm³/mol. The number of nitrogen functional groups attached to an aromatic ring is 1. The molecule has 0 bridgehead atoms. The van der Waals surface area contributed by atoms with E-state index in [1.54, 1.807) is 6.33 Å². The van der Waals surface area contributed by atoms with Gasteiger partial charge in [0.05, 0.1) is 16.4 Å². The second kappa shape index (κ2) is 10.6. The molecule has 0 radical (unpaired) electrons. The third-order valence-electron chi connectivity index (χ3n) is 9.05. The zero-order valence-corrected chi connectivity index (χ0v) is 24.3. The monoisotopic (exact) mass is 569 g/mol. The molecule has 10 heteroatoms. The minimum absolute atomic E-state index is 0.413. The van der Waals surface area contributed by atoms with E-state index in [1.165, 1.54) is 39.0 Å². The number of piperazine rings is 1. The summed E-state index contributed by atoms with van der Waals surface area (Å²) in [5.74, 6) is 1.28. The van der Waals surface area contributed by atoms with Crippen LogP contribution in [0.15, 0.2) is 55.0 Å². The summed E-state index contributed by atoms with van der Waals surface area (Å²) < 4.78 is 4.39. The Morgan fingerprint density at radius 2 is 1.63 bits per heavy atom. The molecular formula is C31H36ClN9. The molecule has 3 N–H and O–H groups in total. The van der Waals surface area contributed by atoms with E-state index in [9.17, 15) is 0 Å². The van der Waals surface area contributed by atoms with Gasteiger partial charge in [-0.3, -0.25) is 4.90 Å². The molecule has 0 amide bonds. The highest BCUT2D eigenvalue weighted by Gasteiger charge is 2.30. The molecule has 1 saturated carbocycles. The summed E-state index contributed by atoms with van der Waals surface area (Å²) in [4.78, 5) is 18.9. The zero-order valence-electron chi connectivity index (χ0n) is 23.6. The van der Waals surface area contributed by atoms with E-state index in [4.69, 9.17) is 27.3 Å². The van der Waals surface area contributed by atoms with Crippen molar-refractivity contribution in [1.82, 2.24) is 33.9 Å². The first-order chi connectivity index (χ1) is 19.9. The summed E-state index contributed by atoms with van der Waals surface area (Å²) in [6, 6.07) is 15.3. The topological polar surface area (TPSA) is 93.1 Å². The smallest absolute Gasteiger partial charge is 0.208 e. The SMILES string of the molecule is CN1CCN(C2CCC(n3cc(-c4ccc(Nc5nc6cc(Cl)ccc6n5C)cc4)c4c(N)ncnc43)CC2)CC1. The Morgan fingerprint density at radius 3 is 2.39 bits per heavy atom. The Morgan fingerprint density at radius 1 is 0.902 bits per heavy atom. The first kappa shape index (κ1) is 26.3. The highest BCUT2D eigenvalue weighted by molar-refractivity contribution is 6.31. The number of nitrogens with one attached hydrogen (secondary N) is 1. The lowest BCUT2D eigenvalue weighted by Crippen LogP contribution is -2.49. The number of aryl methyl sites for hydroxylation is 1. The van der Waals surface area contributed by atoms with Gasteiger partial charge < -0.3 is 25.1 Å². The molecule has 2 aromatic carbocycles. The van der Waals surface area contributed by atoms with Crippen LogP contribution in [-0.4, -0.2) is 73.2 Å². The number of hydrogen-bond donors (Lipinski definition) is 2. The third kappa shape index (κ3) is 4.92. The van der Waals surface area contributed by atoms with Crippen LogP contribution in [0.25, 0.3) is 33.2 Å². The van der Waals surface area contributed by atoms with E-state index in [1.807, 2.05) is 29.8 Å². The van der Waals surface area contributed by atoms with Gasteiger partial charge in [0.1, 0.15) is 17.8 Å². The largest absolute Gasteiger partial charge is 0.383 e. The average molecular weight is 570 g/mol. The van der Waals surface area contributed by atoms with Crippen LogP contribution in [0.1, 0.15) is 31.7 Å². The van der Waals surface area contributed by atoms with Crippen molar-refractivity contribution in [2.45, 2.75) is 37.8 Å². The van der Waals surface area contributed by atoms with Gasteiger partial charge in [0.15, 0.2) is 0 Å². The van der Waals surface area contributed by atoms with Crippen LogP contribution in [0.5, 0.6) is 0 Å². The fraction of sp³-hybridized carbons (Fsp3) is 0.387. The number of benzene rings is 2. The van der Waals surface area contributed by atoms with E-state index >= 15 is 0 Å². The van der Waals surface area contributed by atoms with Gasteiger partial charge in [-0.1, -0.05) is 23.7 Å². The van der Waals surface area contributed by atoms with Gasteiger partial charge in [-0.2, -0.15) is 0 Å². The van der Waals surface area contributed by atoms with Crippen LogP contribution in [0.4, 0.5) is 17.5 Å². The Balaban J connectivity index is 1.13. The van der Waals surface area contributed by atoms with Gasteiger partial charge >= 0.3 is 0 Å². The van der Waals surface area contributed by atoms with Gasteiger partial charge in [-0.15, -0.1) is 0 Å². The molecule has 1 aliphatic carbocycles. The Hall–Kier alpha value is -3.66. The molecule has 212 valence electrons. The van der Waals surface area contributed by atoms with Crippen LogP contribution >= 0.6 is 11.6 Å². The number of nitrogens with zero attached hydrogens (tertiary/aromatic N) is 7. The average Bonchev–Trinajstić information content (AvgIpc) is 3.52. The Labute approximate surface area is 244 Å². The molecule has 0 unspecified atom stereocenters. The number of halogens is 1. The fourth-order valence-electron chi connectivity index (χ4n) is 6.64. The lowest BCUT2D eigenvalue weighted by atomic mass is 9.89. The van der Waals surface area contributed by atoms with Crippen LogP contribution in [0, 0.1) is 0 Å². The van der Waals surface area contributed by atoms with Crippen LogP contribution < -0.4 is 11.1 Å². The number of likely N-dealkylation sites (N-methyl/N-ethyl adjacent to an activating group) is 1. The molecule has 2 fully saturated rings. The second-order valence-electron chi connectivity index (χ2n) is 11.5. The second-order valence-corrected chi connectivity index (χ2v) is 12.0. The summed E-state index contributed by atoms with van der Waals surface area (Å²) in [5, 5.41) is 5.06. The molecule has 2 aliphatic rings. The summed E-state index contributed by atoms with van der Waals surface area (Å²) >= 11 is 6.17. The number of anilines is 3. The van der Waals surface area contributed by atoms with Crippen molar-refractivity contribution in [3.05, 3.63) is 60.0 Å². The molecule has 1 saturated heterocycles. The van der Waals surface area contributed by atoms with Crippen LogP contribution in [-0.2, 0) is 7.05 Å². The number of rotatable bonds is 5. The molecule has 5 aromatic rings. The third-order valence-corrected chi connectivity index (χ3v) is 9.28. The number of fused-ring (bicyclic) bond motifs is 2. The Bertz CT molecular complexity index is 1690. The number of hydrogen-bond acceptors (Lipinski definition) is 7. The maximum absolute atomic E-state index is 6.46. The molecule has 3 aromatic heterocycles. The van der Waals surface area contributed by atoms with E-state index in [2.05, 4.69) is 62.2 Å². The molecule has 0 atom stereocenters. The van der Waals surface area contributed by atoms with Gasteiger partial charge in [-0.25, -0.2) is 15.0 Å². The summed E-state index contributed by atoms with van der Waals surface area (Å²) in [7, 11) is 4.22. The van der Waals surface area contributed by atoms with E-state index < -0.39 is 0 Å². The summed E-state index contributed by atoms with van der Waals surface area (Å²) in [6.07, 6.45) is 8.57. The van der Waals surface area contributed by atoms with E-state index in [0.717, 1.165) is 57.7 Å². The summed E-state index contributed by atoms with van der Waals surface area (Å²) in [5.41, 5.74) is 12.4. The lowest BCUT2D eigenvalue weighted by molar-refractivity contribution is 0.0828. The molecule has 7 rings (SSSR count). The minimum Gasteiger partial charge on any atom is -0.383 e. The van der Waals surface area contributed by atoms with Crippen molar-refractivity contribution in [3.8, 4) is 11.1 Å². The molecule has 0 spiro atoms. The highest BCUT2D eigenvalue weighted by atomic mass is 35.5. The molecule has 9 nitrogen and oxygen atoms in total. The van der Waals surface area contributed by atoms with Crippen molar-refractivity contribution < 1.29 is 0 Å². The van der Waals surface area contributed by atoms with Crippen molar-refractivity contribution in [3.63, 3.8) is 0 Å². The summed E-state index contributed by atoms with van der Waals surface area (Å²) in [6.45, 7) is 4.71. The maximum atomic E-state index is 6.46. The van der Waals surface area contributed by atoms with Crippen molar-refractivity contribution in [2.24, 2.45) is 7.05 Å². The quantitative estimate of drug-likeness (QED) is 0.281. The van der Waals surface area contributed by atoms with E-state index in [0.29, 0.717) is 22.9 Å². The highest BCUT2D eigenvalue weighted by Crippen LogP contribution is 2.39. The minimum atomic E-state index is 0.413. The Kier molecular flexibility index (Phi) is 6.81. The first-order valence-corrected chi connectivity index (χ1v) is 14.9. The lowest BCUT2D eigenvalue weighted by Gasteiger charge is -2.41. The van der Waals surface area contributed by atoms with Crippen molar-refractivity contribution in [1.29, 1.82) is 0 Å². The molecule has 1 aliphatic heterocycles. The number of imidazole rings is 1. The maximum Gasteiger partial charge on any atom is 0.208 e. The van der Waals surface area contributed by atoms with Crippen LogP contribution in [0.3, 0.4) is 0 Å². The molecule has 41 heavy (non-hydrogen) atoms. The number of aromatic nitrogens is 5. The molecular weight excluding hydrogens is 534 g/mol. The fourth-order valence-corrected chi connectivity index (χ4v) is 6.81. The van der Waals surface area contributed by atoms with Gasteiger partial charge in [0, 0.05) is 67.8 Å².